The Morgan fingerprint density at radius 3 is 2.44 bits per heavy atom. The summed E-state index contributed by atoms with van der Waals surface area (Å²) < 4.78 is 14.3. The van der Waals surface area contributed by atoms with Crippen LogP contribution >= 0.6 is 0 Å². The van der Waals surface area contributed by atoms with Gasteiger partial charge in [-0.1, -0.05) is 12.8 Å². The Morgan fingerprint density at radius 2 is 1.80 bits per heavy atom. The fourth-order valence-electron chi connectivity index (χ4n) is 3.11. The first-order valence-electron chi connectivity index (χ1n) is 8.56. The van der Waals surface area contributed by atoms with Gasteiger partial charge in [-0.3, -0.25) is 9.59 Å². The lowest BCUT2D eigenvalue weighted by molar-refractivity contribution is -0.129. The average Bonchev–Trinajstić information content (AvgIpc) is 3.09. The molecule has 1 aliphatic rings. The Labute approximate surface area is 145 Å². The third kappa shape index (κ3) is 3.62. The highest BCUT2D eigenvalue weighted by Crippen LogP contribution is 2.21. The third-order valence-corrected chi connectivity index (χ3v) is 4.72. The zero-order valence-electron chi connectivity index (χ0n) is 14.5. The summed E-state index contributed by atoms with van der Waals surface area (Å²) in [5, 5.41) is 7.38. The summed E-state index contributed by atoms with van der Waals surface area (Å²) in [4.78, 5) is 25.0. The number of carbonyl (C=O) groups excluding carboxylic acids is 1. The van der Waals surface area contributed by atoms with E-state index in [2.05, 4.69) is 10.4 Å². The third-order valence-electron chi connectivity index (χ3n) is 4.72. The molecule has 0 spiro atoms. The van der Waals surface area contributed by atoms with Crippen molar-refractivity contribution in [2.24, 2.45) is 0 Å². The van der Waals surface area contributed by atoms with E-state index in [-0.39, 0.29) is 23.3 Å². The summed E-state index contributed by atoms with van der Waals surface area (Å²) in [6.45, 7) is 3.36. The molecule has 5 nitrogen and oxygen atoms in total. The van der Waals surface area contributed by atoms with Gasteiger partial charge in [-0.2, -0.15) is 5.10 Å². The number of aromatic nitrogens is 2. The molecule has 1 aliphatic carbocycles. The van der Waals surface area contributed by atoms with Crippen LogP contribution in [0.15, 0.2) is 41.2 Å². The molecule has 1 amide bonds. The molecular weight excluding hydrogens is 321 g/mol. The van der Waals surface area contributed by atoms with E-state index < -0.39 is 5.54 Å². The molecule has 0 unspecified atom stereocenters. The Morgan fingerprint density at radius 1 is 1.16 bits per heavy atom. The first-order valence-corrected chi connectivity index (χ1v) is 8.56. The van der Waals surface area contributed by atoms with Gasteiger partial charge in [0.2, 0.25) is 5.91 Å². The molecule has 1 fully saturated rings. The molecule has 0 radical (unpaired) electrons. The van der Waals surface area contributed by atoms with Crippen molar-refractivity contribution in [3.05, 3.63) is 52.6 Å². The highest BCUT2D eigenvalue weighted by atomic mass is 19.1. The molecule has 0 aliphatic heterocycles. The number of nitrogens with zero attached hydrogens (tertiary/aromatic N) is 2. The van der Waals surface area contributed by atoms with Crippen LogP contribution in [0.25, 0.3) is 11.3 Å². The Kier molecular flexibility index (Phi) is 4.70. The average molecular weight is 343 g/mol. The van der Waals surface area contributed by atoms with Gasteiger partial charge in [0.1, 0.15) is 11.4 Å². The molecule has 0 atom stereocenters. The molecular formula is C19H22FN3O2. The summed E-state index contributed by atoms with van der Waals surface area (Å²) in [6.07, 6.45) is 4.17. The molecule has 0 bridgehead atoms. The number of hydrogen-bond donors (Lipinski definition) is 1. The van der Waals surface area contributed by atoms with Crippen LogP contribution in [0.3, 0.4) is 0 Å². The molecule has 25 heavy (non-hydrogen) atoms. The van der Waals surface area contributed by atoms with Crippen LogP contribution < -0.4 is 10.9 Å². The normalized spacial score (nSPS) is 15.3. The topological polar surface area (TPSA) is 64.0 Å². The second kappa shape index (κ2) is 6.78. The predicted octanol–water partition coefficient (Wildman–Crippen LogP) is 2.84. The summed E-state index contributed by atoms with van der Waals surface area (Å²) in [6, 6.07) is 9.00. The van der Waals surface area contributed by atoms with Gasteiger partial charge in [-0.05, 0) is 57.0 Å². The zero-order valence-corrected chi connectivity index (χ0v) is 14.5. The smallest absolute Gasteiger partial charge is 0.267 e. The summed E-state index contributed by atoms with van der Waals surface area (Å²) in [7, 11) is 0. The van der Waals surface area contributed by atoms with Crippen molar-refractivity contribution in [2.45, 2.75) is 51.1 Å². The Hall–Kier alpha value is -2.50. The number of benzene rings is 1. The van der Waals surface area contributed by atoms with Gasteiger partial charge in [0.05, 0.1) is 5.69 Å². The minimum atomic E-state index is -1.12. The van der Waals surface area contributed by atoms with Crippen molar-refractivity contribution >= 4 is 5.91 Å². The first kappa shape index (κ1) is 17.3. The van der Waals surface area contributed by atoms with Crippen molar-refractivity contribution in [1.82, 2.24) is 15.1 Å². The maximum absolute atomic E-state index is 13.1. The minimum absolute atomic E-state index is 0.169. The molecule has 6 heteroatoms. The molecule has 1 aromatic heterocycles. The van der Waals surface area contributed by atoms with Crippen LogP contribution in [0, 0.1) is 5.82 Å². The van der Waals surface area contributed by atoms with Crippen molar-refractivity contribution < 1.29 is 9.18 Å². The predicted molar refractivity (Wildman–Crippen MR) is 93.6 cm³/mol. The molecule has 3 rings (SSSR count). The molecule has 132 valence electrons. The minimum Gasteiger partial charge on any atom is -0.351 e. The Bertz CT molecular complexity index is 821. The molecule has 2 aromatic rings. The lowest BCUT2D eigenvalue weighted by Gasteiger charge is -2.27. The zero-order chi connectivity index (χ0) is 18.0. The summed E-state index contributed by atoms with van der Waals surface area (Å²) in [5.74, 6) is -0.557. The maximum atomic E-state index is 13.1. The number of hydrogen-bond acceptors (Lipinski definition) is 3. The van der Waals surface area contributed by atoms with Crippen LogP contribution in [0.2, 0.25) is 0 Å². The van der Waals surface area contributed by atoms with Crippen LogP contribution in [0.4, 0.5) is 4.39 Å². The Balaban J connectivity index is 1.91. The fraction of sp³-hybridized carbons (Fsp3) is 0.421. The van der Waals surface area contributed by atoms with Gasteiger partial charge in [-0.15, -0.1) is 0 Å². The number of nitrogens with one attached hydrogen (secondary N) is 1. The first-order chi connectivity index (χ1) is 11.9. The second-order valence-corrected chi connectivity index (χ2v) is 6.99. The van der Waals surface area contributed by atoms with Crippen LogP contribution in [0.1, 0.15) is 39.5 Å². The monoisotopic (exact) mass is 343 g/mol. The van der Waals surface area contributed by atoms with E-state index >= 15 is 0 Å². The van der Waals surface area contributed by atoms with E-state index in [1.807, 2.05) is 0 Å². The van der Waals surface area contributed by atoms with Crippen LogP contribution in [-0.4, -0.2) is 21.7 Å². The van der Waals surface area contributed by atoms with E-state index in [1.165, 1.54) is 22.9 Å². The van der Waals surface area contributed by atoms with Crippen LogP contribution in [0.5, 0.6) is 0 Å². The maximum Gasteiger partial charge on any atom is 0.267 e. The van der Waals surface area contributed by atoms with Crippen molar-refractivity contribution in [3.8, 4) is 11.3 Å². The number of rotatable bonds is 4. The van der Waals surface area contributed by atoms with Crippen molar-refractivity contribution in [2.75, 3.05) is 0 Å². The molecule has 0 saturated heterocycles. The van der Waals surface area contributed by atoms with Gasteiger partial charge in [0.25, 0.3) is 5.56 Å². The van der Waals surface area contributed by atoms with Gasteiger partial charge < -0.3 is 5.32 Å². The lowest BCUT2D eigenvalue weighted by atomic mass is 10.0. The lowest BCUT2D eigenvalue weighted by Crippen LogP contribution is -2.51. The van der Waals surface area contributed by atoms with Crippen molar-refractivity contribution in [1.29, 1.82) is 0 Å². The standard InChI is InChI=1S/C19H22FN3O2/c1-19(2,18(25)21-15-5-3-4-6-15)23-17(24)12-11-16(22-23)13-7-9-14(20)10-8-13/h7-12,15H,3-6H2,1-2H3,(H,21,25). The van der Waals surface area contributed by atoms with E-state index in [0.717, 1.165) is 25.7 Å². The largest absolute Gasteiger partial charge is 0.351 e. The quantitative estimate of drug-likeness (QED) is 0.928. The van der Waals surface area contributed by atoms with Gasteiger partial charge in [0.15, 0.2) is 0 Å². The van der Waals surface area contributed by atoms with E-state index in [9.17, 15) is 14.0 Å². The van der Waals surface area contributed by atoms with E-state index in [0.29, 0.717) is 11.3 Å². The van der Waals surface area contributed by atoms with Gasteiger partial charge in [0, 0.05) is 17.7 Å². The highest BCUT2D eigenvalue weighted by Gasteiger charge is 2.34. The van der Waals surface area contributed by atoms with Crippen LogP contribution in [-0.2, 0) is 10.3 Å². The second-order valence-electron chi connectivity index (χ2n) is 6.99. The number of carbonyl (C=O) groups is 1. The summed E-state index contributed by atoms with van der Waals surface area (Å²) >= 11 is 0. The van der Waals surface area contributed by atoms with E-state index in [4.69, 9.17) is 0 Å². The van der Waals surface area contributed by atoms with Crippen molar-refractivity contribution in [3.63, 3.8) is 0 Å². The molecule has 1 N–H and O–H groups in total. The summed E-state index contributed by atoms with van der Waals surface area (Å²) in [5.41, 5.74) is -0.267. The number of halogens is 1. The number of amides is 1. The SMILES string of the molecule is CC(C)(C(=O)NC1CCCC1)n1nc(-c2ccc(F)cc2)ccc1=O. The van der Waals surface area contributed by atoms with E-state index in [1.54, 1.807) is 32.0 Å². The fourth-order valence-corrected chi connectivity index (χ4v) is 3.11. The van der Waals surface area contributed by atoms with Gasteiger partial charge >= 0.3 is 0 Å². The molecule has 1 saturated carbocycles. The molecule has 1 heterocycles. The highest BCUT2D eigenvalue weighted by molar-refractivity contribution is 5.83. The molecule has 1 aromatic carbocycles. The van der Waals surface area contributed by atoms with Gasteiger partial charge in [-0.25, -0.2) is 9.07 Å².